The highest BCUT2D eigenvalue weighted by molar-refractivity contribution is 5.85. The highest BCUT2D eigenvalue weighted by Crippen LogP contribution is 2.48. The molecule has 0 aliphatic heterocycles. The molecule has 0 saturated heterocycles. The molecule has 0 unspecified atom stereocenters. The van der Waals surface area contributed by atoms with Crippen LogP contribution in [0.1, 0.15) is 18.7 Å². The van der Waals surface area contributed by atoms with Gasteiger partial charge in [0, 0.05) is 0 Å². The Kier molecular flexibility index (Phi) is 2.58. The van der Waals surface area contributed by atoms with E-state index in [0.717, 1.165) is 0 Å². The van der Waals surface area contributed by atoms with Gasteiger partial charge in [0.25, 0.3) is 0 Å². The number of hydrogen-bond donors (Lipinski definition) is 0. The van der Waals surface area contributed by atoms with Crippen molar-refractivity contribution < 1.29 is 18.4 Å². The summed E-state index contributed by atoms with van der Waals surface area (Å²) in [6, 6.07) is 6.14. The lowest BCUT2D eigenvalue weighted by Gasteiger charge is -2.05. The number of hydrogen-bond acceptors (Lipinski definition) is 5. The number of ether oxygens (including phenoxy) is 1. The predicted molar refractivity (Wildman–Crippen MR) is 62.6 cm³/mol. The van der Waals surface area contributed by atoms with Crippen LogP contribution in [0.2, 0.25) is 0 Å². The van der Waals surface area contributed by atoms with Crippen molar-refractivity contribution in [2.75, 3.05) is 7.11 Å². The van der Waals surface area contributed by atoms with Gasteiger partial charge in [0.2, 0.25) is 11.7 Å². The number of carbonyl (C=O) groups excluding carboxylic acids is 1. The van der Waals surface area contributed by atoms with Crippen LogP contribution in [0.25, 0.3) is 11.4 Å². The Morgan fingerprint density at radius 1 is 1.42 bits per heavy atom. The summed E-state index contributed by atoms with van der Waals surface area (Å²) in [4.78, 5) is 15.8. The van der Waals surface area contributed by atoms with Gasteiger partial charge in [-0.2, -0.15) is 4.98 Å². The largest absolute Gasteiger partial charge is 0.468 e. The first-order chi connectivity index (χ1) is 9.17. The minimum absolute atomic E-state index is 0.142. The number of aromatic nitrogens is 2. The van der Waals surface area contributed by atoms with E-state index >= 15 is 0 Å². The van der Waals surface area contributed by atoms with Gasteiger partial charge in [0.15, 0.2) is 0 Å². The predicted octanol–water partition coefficient (Wildman–Crippen LogP) is 2.08. The van der Waals surface area contributed by atoms with Crippen LogP contribution in [0.15, 0.2) is 28.8 Å². The van der Waals surface area contributed by atoms with Gasteiger partial charge in [-0.15, -0.1) is 0 Å². The van der Waals surface area contributed by atoms with Crippen molar-refractivity contribution in [3.8, 4) is 11.4 Å². The fourth-order valence-corrected chi connectivity index (χ4v) is 2.00. The number of methoxy groups -OCH3 is 1. The quantitative estimate of drug-likeness (QED) is 0.792. The van der Waals surface area contributed by atoms with Gasteiger partial charge in [0.05, 0.1) is 12.7 Å². The van der Waals surface area contributed by atoms with Crippen molar-refractivity contribution >= 4 is 5.97 Å². The number of esters is 1. The molecule has 1 aliphatic carbocycles. The zero-order chi connectivity index (χ0) is 13.5. The van der Waals surface area contributed by atoms with Crippen LogP contribution < -0.4 is 0 Å². The second-order valence-electron chi connectivity index (χ2n) is 4.48. The second-order valence-corrected chi connectivity index (χ2v) is 4.48. The molecule has 0 bridgehead atoms. The number of carbonyl (C=O) groups is 1. The fourth-order valence-electron chi connectivity index (χ4n) is 2.00. The molecule has 0 amide bonds. The van der Waals surface area contributed by atoms with Crippen LogP contribution in [0.4, 0.5) is 4.39 Å². The van der Waals surface area contributed by atoms with Crippen LogP contribution in [0.3, 0.4) is 0 Å². The Morgan fingerprint density at radius 2 is 2.16 bits per heavy atom. The molecule has 5 nitrogen and oxygen atoms in total. The van der Waals surface area contributed by atoms with Crippen LogP contribution in [-0.2, 0) is 14.9 Å². The molecule has 0 radical (unpaired) electrons. The first kappa shape index (κ1) is 11.8. The second kappa shape index (κ2) is 4.15. The van der Waals surface area contributed by atoms with E-state index in [1.54, 1.807) is 18.2 Å². The average molecular weight is 262 g/mol. The van der Waals surface area contributed by atoms with Crippen LogP contribution in [0, 0.1) is 5.82 Å². The van der Waals surface area contributed by atoms with Crippen LogP contribution in [0.5, 0.6) is 0 Å². The lowest BCUT2D eigenvalue weighted by Crippen LogP contribution is -2.22. The summed E-state index contributed by atoms with van der Waals surface area (Å²) in [6.07, 6.45) is 1.22. The van der Waals surface area contributed by atoms with E-state index in [1.165, 1.54) is 13.2 Å². The normalized spacial score (nSPS) is 16.1. The Labute approximate surface area is 108 Å². The Hall–Kier alpha value is -2.24. The third-order valence-corrected chi connectivity index (χ3v) is 3.28. The van der Waals surface area contributed by atoms with E-state index in [0.29, 0.717) is 12.8 Å². The third kappa shape index (κ3) is 1.80. The molecule has 1 aromatic heterocycles. The maximum absolute atomic E-state index is 13.6. The van der Waals surface area contributed by atoms with Crippen molar-refractivity contribution in [1.82, 2.24) is 10.1 Å². The van der Waals surface area contributed by atoms with Gasteiger partial charge in [-0.05, 0) is 25.0 Å². The summed E-state index contributed by atoms with van der Waals surface area (Å²) in [5.41, 5.74) is -0.580. The number of rotatable bonds is 3. The Balaban J connectivity index is 1.97. The molecule has 0 N–H and O–H groups in total. The molecule has 6 heteroatoms. The molecular formula is C13H11FN2O3. The van der Waals surface area contributed by atoms with E-state index in [1.807, 2.05) is 0 Å². The number of nitrogens with zero attached hydrogens (tertiary/aromatic N) is 2. The molecular weight excluding hydrogens is 251 g/mol. The summed E-state index contributed by atoms with van der Waals surface area (Å²) in [5.74, 6) is -0.491. The minimum Gasteiger partial charge on any atom is -0.468 e. The molecule has 98 valence electrons. The topological polar surface area (TPSA) is 65.2 Å². The van der Waals surface area contributed by atoms with Crippen LogP contribution in [-0.4, -0.2) is 23.2 Å². The molecule has 2 aromatic rings. The summed E-state index contributed by atoms with van der Waals surface area (Å²) < 4.78 is 23.4. The van der Waals surface area contributed by atoms with Gasteiger partial charge in [-0.1, -0.05) is 17.3 Å². The van der Waals surface area contributed by atoms with Gasteiger partial charge >= 0.3 is 5.97 Å². The van der Waals surface area contributed by atoms with Crippen molar-refractivity contribution in [1.29, 1.82) is 0 Å². The molecule has 0 spiro atoms. The molecule has 1 saturated carbocycles. The highest BCUT2D eigenvalue weighted by Gasteiger charge is 2.57. The van der Waals surface area contributed by atoms with Crippen LogP contribution >= 0.6 is 0 Å². The first-order valence-corrected chi connectivity index (χ1v) is 5.85. The maximum Gasteiger partial charge on any atom is 0.321 e. The summed E-state index contributed by atoms with van der Waals surface area (Å²) >= 11 is 0. The van der Waals surface area contributed by atoms with E-state index in [-0.39, 0.29) is 17.3 Å². The molecule has 1 aromatic carbocycles. The van der Waals surface area contributed by atoms with E-state index < -0.39 is 17.2 Å². The third-order valence-electron chi connectivity index (χ3n) is 3.28. The lowest BCUT2D eigenvalue weighted by atomic mass is 10.1. The van der Waals surface area contributed by atoms with Crippen molar-refractivity contribution in [3.63, 3.8) is 0 Å². The Morgan fingerprint density at radius 3 is 2.79 bits per heavy atom. The highest BCUT2D eigenvalue weighted by atomic mass is 19.1. The van der Waals surface area contributed by atoms with Gasteiger partial charge in [-0.3, -0.25) is 4.79 Å². The molecule has 3 rings (SSSR count). The first-order valence-electron chi connectivity index (χ1n) is 5.85. The smallest absolute Gasteiger partial charge is 0.321 e. The number of benzene rings is 1. The zero-order valence-electron chi connectivity index (χ0n) is 10.2. The summed E-state index contributed by atoms with van der Waals surface area (Å²) in [5, 5.41) is 3.74. The SMILES string of the molecule is COC(=O)C1(c2nc(-c3ccccc3F)no2)CC1. The van der Waals surface area contributed by atoms with E-state index in [9.17, 15) is 9.18 Å². The monoisotopic (exact) mass is 262 g/mol. The average Bonchev–Trinajstić information content (AvgIpc) is 3.10. The molecule has 1 fully saturated rings. The van der Waals surface area contributed by atoms with Gasteiger partial charge in [-0.25, -0.2) is 4.39 Å². The minimum atomic E-state index is -0.828. The lowest BCUT2D eigenvalue weighted by molar-refractivity contribution is -0.144. The summed E-state index contributed by atoms with van der Waals surface area (Å²) in [6.45, 7) is 0. The molecule has 1 aliphatic rings. The molecule has 0 atom stereocenters. The van der Waals surface area contributed by atoms with E-state index in [4.69, 9.17) is 9.26 Å². The van der Waals surface area contributed by atoms with Crippen molar-refractivity contribution in [2.45, 2.75) is 18.3 Å². The maximum atomic E-state index is 13.6. The fraction of sp³-hybridized carbons (Fsp3) is 0.308. The van der Waals surface area contributed by atoms with E-state index in [2.05, 4.69) is 10.1 Å². The van der Waals surface area contributed by atoms with Crippen molar-refractivity contribution in [2.24, 2.45) is 0 Å². The molecule has 19 heavy (non-hydrogen) atoms. The summed E-state index contributed by atoms with van der Waals surface area (Å²) in [7, 11) is 1.32. The van der Waals surface area contributed by atoms with Crippen molar-refractivity contribution in [3.05, 3.63) is 36.0 Å². The van der Waals surface area contributed by atoms with Gasteiger partial charge < -0.3 is 9.26 Å². The zero-order valence-corrected chi connectivity index (χ0v) is 10.2. The molecule has 1 heterocycles. The number of halogens is 1. The Bertz CT molecular complexity index is 634. The standard InChI is InChI=1S/C13H11FN2O3/c1-18-12(17)13(6-7-13)11-15-10(16-19-11)8-4-2-3-5-9(8)14/h2-5H,6-7H2,1H3. The van der Waals surface area contributed by atoms with Gasteiger partial charge in [0.1, 0.15) is 11.2 Å².